The van der Waals surface area contributed by atoms with E-state index in [0.717, 1.165) is 10.5 Å². The van der Waals surface area contributed by atoms with Gasteiger partial charge in [-0.25, -0.2) is 0 Å². The van der Waals surface area contributed by atoms with Crippen LogP contribution in [0.25, 0.3) is 43.1 Å². The maximum Gasteiger partial charge on any atom is 0.284 e. The van der Waals surface area contributed by atoms with E-state index in [9.17, 15) is 0 Å². The Morgan fingerprint density at radius 2 is 1.30 bits per heavy atom. The second-order valence-corrected chi connectivity index (χ2v) is 15.3. The average molecular weight is 461 g/mol. The van der Waals surface area contributed by atoms with Crippen LogP contribution in [-0.4, -0.2) is 39.5 Å². The highest BCUT2D eigenvalue weighted by Gasteiger charge is 2.13. The van der Waals surface area contributed by atoms with Crippen LogP contribution in [-0.2, 0) is 12.3 Å². The minimum atomic E-state index is -1.52. The van der Waals surface area contributed by atoms with Gasteiger partial charge in [0.15, 0.2) is 9.04 Å². The van der Waals surface area contributed by atoms with E-state index in [1.54, 1.807) is 0 Å². The Morgan fingerprint density at radius 1 is 0.667 bits per heavy atom. The molecule has 5 rings (SSSR count). The average Bonchev–Trinajstić information content (AvgIpc) is 2.78. The van der Waals surface area contributed by atoms with E-state index in [2.05, 4.69) is 85.4 Å². The van der Waals surface area contributed by atoms with Crippen molar-refractivity contribution in [3.8, 4) is 0 Å². The summed E-state index contributed by atoms with van der Waals surface area (Å²) in [7, 11) is -2.49. The van der Waals surface area contributed by atoms with Crippen LogP contribution in [0.4, 0.5) is 0 Å². The molecule has 0 N–H and O–H groups in total. The summed E-state index contributed by atoms with van der Waals surface area (Å²) in [5, 5.41) is 11.7. The fraction of sp³-hybridized carbons (Fsp3) is 0.0435. The van der Waals surface area contributed by atoms with Gasteiger partial charge in [0.25, 0.3) is 20.0 Å². The number of benzene rings is 5. The van der Waals surface area contributed by atoms with Crippen LogP contribution in [0.5, 0.6) is 0 Å². The molecule has 0 aliphatic carbocycles. The molecule has 1 unspecified atom stereocenters. The maximum absolute atomic E-state index is 6.22. The predicted octanol–water partition coefficient (Wildman–Crippen LogP) is 2.19. The van der Waals surface area contributed by atoms with Crippen LogP contribution in [0.3, 0.4) is 0 Å². The molecule has 0 aromatic heterocycles. The molecule has 150 valence electrons. The van der Waals surface area contributed by atoms with Gasteiger partial charge in [-0.05, 0) is 79.1 Å². The molecule has 5 aromatic rings. The van der Waals surface area contributed by atoms with Crippen molar-refractivity contribution in [1.82, 2.24) is 0 Å². The van der Waals surface area contributed by atoms with Crippen LogP contribution >= 0.6 is 0 Å². The van der Waals surface area contributed by atoms with Crippen LogP contribution in [0.1, 0.15) is 0 Å². The van der Waals surface area contributed by atoms with E-state index in [-0.39, 0.29) is 0 Å². The first kappa shape index (κ1) is 19.8. The Bertz CT molecular complexity index is 1370. The first-order chi connectivity index (χ1) is 14.7. The van der Waals surface area contributed by atoms with E-state index in [4.69, 9.17) is 12.3 Å². The van der Waals surface area contributed by atoms with Crippen molar-refractivity contribution in [1.29, 1.82) is 0 Å². The van der Waals surface area contributed by atoms with Gasteiger partial charge in [-0.3, -0.25) is 0 Å². The highest BCUT2D eigenvalue weighted by Crippen LogP contribution is 2.32. The Morgan fingerprint density at radius 3 is 2.07 bits per heavy atom. The fourth-order valence-electron chi connectivity index (χ4n) is 4.26. The quantitative estimate of drug-likeness (QED) is 0.168. The van der Waals surface area contributed by atoms with Crippen LogP contribution in [0.2, 0.25) is 6.55 Å². The third-order valence-corrected chi connectivity index (χ3v) is 12.0. The van der Waals surface area contributed by atoms with Crippen LogP contribution < -0.4 is 5.19 Å². The van der Waals surface area contributed by atoms with E-state index in [0.29, 0.717) is 0 Å². The summed E-state index contributed by atoms with van der Waals surface area (Å²) in [4.78, 5) is 0. The molecule has 7 heteroatoms. The SMILES string of the molecule is C[SiH](O[SiH2]O[SiH2]O[SiH3])c1cccc2cc3ccc4cc5ccccc5cc4c3cc12. The lowest BCUT2D eigenvalue weighted by Crippen LogP contribution is -2.33. The molecule has 0 fully saturated rings. The third kappa shape index (κ3) is 3.69. The molecule has 0 aliphatic heterocycles. The summed E-state index contributed by atoms with van der Waals surface area (Å²) in [6.07, 6.45) is 0. The lowest BCUT2D eigenvalue weighted by molar-refractivity contribution is 0.436. The minimum absolute atomic E-state index is 0.761. The molecule has 0 spiro atoms. The second-order valence-electron chi connectivity index (χ2n) is 7.67. The molecule has 0 radical (unpaired) electrons. The third-order valence-electron chi connectivity index (χ3n) is 5.78. The van der Waals surface area contributed by atoms with E-state index >= 15 is 0 Å². The molecule has 0 heterocycles. The number of fused-ring (bicyclic) bond motifs is 5. The van der Waals surface area contributed by atoms with Crippen molar-refractivity contribution in [3.63, 3.8) is 0 Å². The topological polar surface area (TPSA) is 27.7 Å². The predicted molar refractivity (Wildman–Crippen MR) is 139 cm³/mol. The first-order valence-electron chi connectivity index (χ1n) is 10.2. The zero-order valence-corrected chi connectivity index (χ0v) is 23.2. The molecule has 0 aliphatic rings. The highest BCUT2D eigenvalue weighted by atomic mass is 28.4. The Hall–Kier alpha value is -2.11. The standard InChI is InChI=1S/C23H24O3Si4/c1-30(26-29-25-28-24-27)23-8-4-7-17-12-19-10-9-18-11-15-5-2-3-6-16(15)13-20(18)21(19)14-22(17)23/h2-14,30H,28-29H2,1,27H3. The molecular weight excluding hydrogens is 437 g/mol. The summed E-state index contributed by atoms with van der Waals surface area (Å²) in [6.45, 7) is 2.26. The highest BCUT2D eigenvalue weighted by molar-refractivity contribution is 6.72. The largest absolute Gasteiger partial charge is 0.449 e. The zero-order valence-electron chi connectivity index (χ0n) is 17.2. The van der Waals surface area contributed by atoms with E-state index < -0.39 is 29.1 Å². The molecule has 3 nitrogen and oxygen atoms in total. The Labute approximate surface area is 185 Å². The van der Waals surface area contributed by atoms with Gasteiger partial charge in [-0.2, -0.15) is 0 Å². The molecule has 5 aromatic carbocycles. The number of rotatable bonds is 6. The molecule has 0 amide bonds. The summed E-state index contributed by atoms with van der Waals surface area (Å²) >= 11 is 0. The van der Waals surface area contributed by atoms with Crippen molar-refractivity contribution in [2.75, 3.05) is 0 Å². The summed E-state index contributed by atoms with van der Waals surface area (Å²) < 4.78 is 17.1. The number of hydrogen-bond donors (Lipinski definition) is 0. The van der Waals surface area contributed by atoms with Crippen molar-refractivity contribution in [2.24, 2.45) is 0 Å². The van der Waals surface area contributed by atoms with E-state index in [1.165, 1.54) is 48.3 Å². The van der Waals surface area contributed by atoms with Crippen LogP contribution in [0.15, 0.2) is 78.9 Å². The number of hydrogen-bond acceptors (Lipinski definition) is 3. The van der Waals surface area contributed by atoms with Gasteiger partial charge in [0.05, 0.1) is 0 Å². The summed E-state index contributed by atoms with van der Waals surface area (Å²) in [5.41, 5.74) is 0. The van der Waals surface area contributed by atoms with Crippen molar-refractivity contribution >= 4 is 87.8 Å². The Kier molecular flexibility index (Phi) is 5.66. The lowest BCUT2D eigenvalue weighted by Gasteiger charge is -2.16. The van der Waals surface area contributed by atoms with Crippen molar-refractivity contribution in [2.45, 2.75) is 6.55 Å². The van der Waals surface area contributed by atoms with E-state index in [1.807, 2.05) is 0 Å². The van der Waals surface area contributed by atoms with Gasteiger partial charge >= 0.3 is 0 Å². The van der Waals surface area contributed by atoms with Gasteiger partial charge in [-0.1, -0.05) is 54.6 Å². The smallest absolute Gasteiger partial charge is 0.284 e. The zero-order chi connectivity index (χ0) is 20.5. The Balaban J connectivity index is 1.67. The van der Waals surface area contributed by atoms with Gasteiger partial charge < -0.3 is 12.3 Å². The monoisotopic (exact) mass is 460 g/mol. The molecule has 0 bridgehead atoms. The van der Waals surface area contributed by atoms with Gasteiger partial charge in [0.2, 0.25) is 0 Å². The first-order valence-corrected chi connectivity index (χ1v) is 15.5. The molecule has 0 saturated carbocycles. The maximum atomic E-state index is 6.22. The van der Waals surface area contributed by atoms with Gasteiger partial charge in [-0.15, -0.1) is 0 Å². The van der Waals surface area contributed by atoms with Crippen LogP contribution in [0, 0.1) is 0 Å². The van der Waals surface area contributed by atoms with Gasteiger partial charge in [0.1, 0.15) is 10.5 Å². The lowest BCUT2D eigenvalue weighted by atomic mass is 9.96. The van der Waals surface area contributed by atoms with Gasteiger partial charge in [0, 0.05) is 0 Å². The molecule has 1 atom stereocenters. The van der Waals surface area contributed by atoms with Crippen molar-refractivity contribution < 1.29 is 12.3 Å². The summed E-state index contributed by atoms with van der Waals surface area (Å²) in [5.74, 6) is 0. The fourth-order valence-corrected chi connectivity index (χ4v) is 10.6. The molecule has 30 heavy (non-hydrogen) atoms. The van der Waals surface area contributed by atoms with Crippen molar-refractivity contribution in [3.05, 3.63) is 78.9 Å². The summed E-state index contributed by atoms with van der Waals surface area (Å²) in [6, 6.07) is 29.0. The molecular formula is C23H24O3Si4. The molecule has 0 saturated heterocycles. The minimum Gasteiger partial charge on any atom is -0.449 e. The normalized spacial score (nSPS) is 13.8. The second kappa shape index (κ2) is 8.56.